The highest BCUT2D eigenvalue weighted by atomic mass is 32.2. The first-order valence-corrected chi connectivity index (χ1v) is 14.4. The Hall–Kier alpha value is -4.90. The summed E-state index contributed by atoms with van der Waals surface area (Å²) in [6, 6.07) is 14.7. The number of amidine groups is 1. The molecule has 1 amide bonds. The summed E-state index contributed by atoms with van der Waals surface area (Å²) in [5.41, 5.74) is 8.39. The van der Waals surface area contributed by atoms with E-state index in [1.807, 2.05) is 4.83 Å². The van der Waals surface area contributed by atoms with Crippen LogP contribution < -0.4 is 30.8 Å². The van der Waals surface area contributed by atoms with E-state index < -0.39 is 39.9 Å². The van der Waals surface area contributed by atoms with Crippen LogP contribution in [0.4, 0.5) is 23.2 Å². The third kappa shape index (κ3) is 11.0. The van der Waals surface area contributed by atoms with E-state index >= 15 is 4.39 Å². The molecule has 0 aromatic heterocycles. The summed E-state index contributed by atoms with van der Waals surface area (Å²) in [6.07, 6.45) is -5.34. The fourth-order valence-corrected chi connectivity index (χ4v) is 4.30. The lowest BCUT2D eigenvalue weighted by atomic mass is 10.0. The van der Waals surface area contributed by atoms with Crippen LogP contribution in [0.3, 0.4) is 0 Å². The first-order valence-electron chi connectivity index (χ1n) is 13.0. The number of nitrogens with two attached hydrogens (primary N) is 1. The Balaban J connectivity index is 0.000000900. The standard InChI is InChI=1S/C26H30FN5O5S.C2HF3O2/c1-4-36-22-14-20(21(27)15-23(22)37-16(2)3)24(30-18-12-10-17(11-13-18)25(28)29)26(33)31-32-38(34,35)19-8-6-5-7-9-19;3-2(4,5)1(6)7/h5-16,24,30,32H,4H2,1-3H3,(H3,28,29)(H,31,33);(H,6,7). The number of nitrogen functional groups attached to an aromatic ring is 1. The number of hydrazine groups is 1. The minimum absolute atomic E-state index is 0.0652. The van der Waals surface area contributed by atoms with Gasteiger partial charge in [0.15, 0.2) is 11.5 Å². The van der Waals surface area contributed by atoms with E-state index in [0.29, 0.717) is 11.3 Å². The fourth-order valence-electron chi connectivity index (χ4n) is 3.43. The summed E-state index contributed by atoms with van der Waals surface area (Å²) in [5.74, 6) is -4.18. The summed E-state index contributed by atoms with van der Waals surface area (Å²) in [6.45, 7) is 5.57. The predicted octanol–water partition coefficient (Wildman–Crippen LogP) is 4.09. The van der Waals surface area contributed by atoms with E-state index in [2.05, 4.69) is 10.7 Å². The second-order valence-electron chi connectivity index (χ2n) is 9.20. The molecule has 45 heavy (non-hydrogen) atoms. The molecule has 244 valence electrons. The van der Waals surface area contributed by atoms with E-state index in [1.165, 1.54) is 30.3 Å². The van der Waals surface area contributed by atoms with Gasteiger partial charge in [-0.15, -0.1) is 4.83 Å². The molecule has 0 heterocycles. The van der Waals surface area contributed by atoms with Gasteiger partial charge in [-0.3, -0.25) is 15.6 Å². The number of benzene rings is 3. The van der Waals surface area contributed by atoms with Crippen molar-refractivity contribution >= 4 is 33.4 Å². The maximum absolute atomic E-state index is 15.4. The van der Waals surface area contributed by atoms with Crippen LogP contribution in [0.2, 0.25) is 0 Å². The number of ether oxygens (including phenoxy) is 2. The SMILES string of the molecule is CCOc1cc(C(Nc2ccc(C(=N)N)cc2)C(=O)NNS(=O)(=O)c2ccccc2)c(F)cc1OC(C)C.O=C(O)C(F)(F)F. The number of sulfonamides is 1. The number of amides is 1. The quantitative estimate of drug-likeness (QED) is 0.0720. The van der Waals surface area contributed by atoms with Crippen LogP contribution in [-0.4, -0.2) is 50.1 Å². The van der Waals surface area contributed by atoms with Crippen molar-refractivity contribution in [2.24, 2.45) is 5.73 Å². The van der Waals surface area contributed by atoms with Crippen LogP contribution >= 0.6 is 0 Å². The van der Waals surface area contributed by atoms with Gasteiger partial charge in [-0.2, -0.15) is 13.2 Å². The highest BCUT2D eigenvalue weighted by Crippen LogP contribution is 2.35. The normalized spacial score (nSPS) is 11.9. The number of nitrogens with one attached hydrogen (secondary N) is 4. The Morgan fingerprint density at radius 3 is 2.09 bits per heavy atom. The van der Waals surface area contributed by atoms with Crippen LogP contribution in [0.1, 0.15) is 37.9 Å². The van der Waals surface area contributed by atoms with E-state index in [4.69, 9.17) is 30.5 Å². The van der Waals surface area contributed by atoms with Gasteiger partial charge >= 0.3 is 12.1 Å². The molecule has 0 aliphatic rings. The van der Waals surface area contributed by atoms with Crippen molar-refractivity contribution in [3.05, 3.63) is 83.7 Å². The molecule has 1 atom stereocenters. The van der Waals surface area contributed by atoms with Gasteiger partial charge in [-0.1, -0.05) is 18.2 Å². The molecule has 0 radical (unpaired) electrons. The molecule has 7 N–H and O–H groups in total. The van der Waals surface area contributed by atoms with E-state index in [1.54, 1.807) is 51.1 Å². The fraction of sp³-hybridized carbons (Fsp3) is 0.250. The van der Waals surface area contributed by atoms with Crippen molar-refractivity contribution < 1.29 is 50.1 Å². The van der Waals surface area contributed by atoms with E-state index in [0.717, 1.165) is 6.07 Å². The number of carboxylic acid groups (broad SMARTS) is 1. The maximum atomic E-state index is 15.4. The monoisotopic (exact) mass is 657 g/mol. The first-order chi connectivity index (χ1) is 21.0. The molecule has 3 aromatic rings. The van der Waals surface area contributed by atoms with Crippen molar-refractivity contribution in [3.63, 3.8) is 0 Å². The Labute approximate surface area is 256 Å². The smallest absolute Gasteiger partial charge is 0.490 e. The van der Waals surface area contributed by atoms with Crippen molar-refractivity contribution in [2.75, 3.05) is 11.9 Å². The number of rotatable bonds is 12. The number of carboxylic acids is 1. The maximum Gasteiger partial charge on any atom is 0.490 e. The molecule has 0 bridgehead atoms. The third-order valence-electron chi connectivity index (χ3n) is 5.41. The van der Waals surface area contributed by atoms with Gasteiger partial charge in [0.05, 0.1) is 17.6 Å². The van der Waals surface area contributed by atoms with Gasteiger partial charge in [-0.05, 0) is 63.2 Å². The van der Waals surface area contributed by atoms with Crippen molar-refractivity contribution in [1.82, 2.24) is 10.3 Å². The molecule has 17 heteroatoms. The predicted molar refractivity (Wildman–Crippen MR) is 156 cm³/mol. The lowest BCUT2D eigenvalue weighted by Crippen LogP contribution is -2.45. The number of aliphatic carboxylic acids is 1. The largest absolute Gasteiger partial charge is 0.490 e. The molecule has 0 saturated carbocycles. The van der Waals surface area contributed by atoms with Gasteiger partial charge in [-0.25, -0.2) is 17.6 Å². The average molecular weight is 658 g/mol. The Kier molecular flexibility index (Phi) is 12.7. The zero-order chi connectivity index (χ0) is 33.9. The summed E-state index contributed by atoms with van der Waals surface area (Å²) in [7, 11) is -4.09. The van der Waals surface area contributed by atoms with Gasteiger partial charge in [0.1, 0.15) is 17.7 Å². The molecule has 0 aliphatic carbocycles. The van der Waals surface area contributed by atoms with E-state index in [9.17, 15) is 26.4 Å². The molecule has 0 spiro atoms. The van der Waals surface area contributed by atoms with Gasteiger partial charge in [0, 0.05) is 22.9 Å². The minimum atomic E-state index is -5.08. The highest BCUT2D eigenvalue weighted by molar-refractivity contribution is 7.89. The van der Waals surface area contributed by atoms with Crippen LogP contribution in [-0.2, 0) is 19.6 Å². The number of halogens is 4. The van der Waals surface area contributed by atoms with Crippen LogP contribution in [0.15, 0.2) is 71.6 Å². The summed E-state index contributed by atoms with van der Waals surface area (Å²) in [4.78, 5) is 24.2. The van der Waals surface area contributed by atoms with Crippen molar-refractivity contribution in [2.45, 2.75) is 44.0 Å². The first kappa shape index (κ1) is 36.3. The minimum Gasteiger partial charge on any atom is -0.490 e. The van der Waals surface area contributed by atoms with Crippen LogP contribution in [0, 0.1) is 11.2 Å². The molecule has 1 unspecified atom stereocenters. The number of carbonyl (C=O) groups is 2. The molecule has 0 aliphatic heterocycles. The number of anilines is 1. The molecular weight excluding hydrogens is 626 g/mol. The van der Waals surface area contributed by atoms with E-state index in [-0.39, 0.29) is 40.5 Å². The lowest BCUT2D eigenvalue weighted by molar-refractivity contribution is -0.192. The second kappa shape index (κ2) is 15.7. The molecule has 12 nitrogen and oxygen atoms in total. The van der Waals surface area contributed by atoms with Crippen LogP contribution in [0.5, 0.6) is 11.5 Å². The third-order valence-corrected chi connectivity index (χ3v) is 6.67. The Morgan fingerprint density at radius 2 is 1.60 bits per heavy atom. The Morgan fingerprint density at radius 1 is 1.02 bits per heavy atom. The lowest BCUT2D eigenvalue weighted by Gasteiger charge is -2.23. The number of carbonyl (C=O) groups excluding carboxylic acids is 1. The number of alkyl halides is 3. The molecular formula is C28H31F4N5O7S. The molecule has 0 fully saturated rings. The highest BCUT2D eigenvalue weighted by Gasteiger charge is 2.38. The van der Waals surface area contributed by atoms with Gasteiger partial charge < -0.3 is 25.6 Å². The van der Waals surface area contributed by atoms with Gasteiger partial charge in [0.25, 0.3) is 15.9 Å². The van der Waals surface area contributed by atoms with Gasteiger partial charge in [0.2, 0.25) is 0 Å². The number of hydrogen-bond donors (Lipinski definition) is 6. The molecule has 3 aromatic carbocycles. The summed E-state index contributed by atoms with van der Waals surface area (Å²) < 4.78 is 83.7. The number of hydrogen-bond acceptors (Lipinski definition) is 8. The Bertz CT molecular complexity index is 1590. The zero-order valence-corrected chi connectivity index (χ0v) is 24.9. The van der Waals surface area contributed by atoms with Crippen molar-refractivity contribution in [1.29, 1.82) is 5.41 Å². The molecule has 0 saturated heterocycles. The average Bonchev–Trinajstić information content (AvgIpc) is 2.96. The molecule has 3 rings (SSSR count). The van der Waals surface area contributed by atoms with Crippen LogP contribution in [0.25, 0.3) is 0 Å². The summed E-state index contributed by atoms with van der Waals surface area (Å²) >= 11 is 0. The summed E-state index contributed by atoms with van der Waals surface area (Å²) in [5, 5.41) is 17.6. The topological polar surface area (TPSA) is 193 Å². The zero-order valence-electron chi connectivity index (χ0n) is 24.1. The van der Waals surface area contributed by atoms with Crippen molar-refractivity contribution in [3.8, 4) is 11.5 Å². The second-order valence-corrected chi connectivity index (χ2v) is 10.9.